The average Bonchev–Trinajstić information content (AvgIpc) is 3.25. The molecular weight excluding hydrogens is 370 g/mol. The van der Waals surface area contributed by atoms with Crippen molar-refractivity contribution in [1.82, 2.24) is 20.3 Å². The van der Waals surface area contributed by atoms with Gasteiger partial charge in [-0.2, -0.15) is 0 Å². The maximum atomic E-state index is 12.2. The minimum Gasteiger partial charge on any atom is -0.491 e. The molecule has 3 aromatic rings. The summed E-state index contributed by atoms with van der Waals surface area (Å²) in [5.41, 5.74) is 3.09. The largest absolute Gasteiger partial charge is 0.491 e. The summed E-state index contributed by atoms with van der Waals surface area (Å²) in [5.74, 6) is 1.44. The molecule has 1 saturated carbocycles. The molecule has 0 atom stereocenters. The molecule has 0 aromatic carbocycles. The lowest BCUT2D eigenvalue weighted by Crippen LogP contribution is -2.36. The minimum absolute atomic E-state index is 0.225. The molecule has 1 fully saturated rings. The van der Waals surface area contributed by atoms with Gasteiger partial charge in [-0.1, -0.05) is 12.8 Å². The van der Waals surface area contributed by atoms with Gasteiger partial charge in [-0.25, -0.2) is 14.8 Å². The molecule has 0 unspecified atom stereocenters. The second kappa shape index (κ2) is 8.30. The highest BCUT2D eigenvalue weighted by molar-refractivity contribution is 5.90. The van der Waals surface area contributed by atoms with Crippen molar-refractivity contribution in [2.24, 2.45) is 0 Å². The quantitative estimate of drug-likeness (QED) is 0.685. The van der Waals surface area contributed by atoms with Crippen LogP contribution in [-0.2, 0) is 0 Å². The van der Waals surface area contributed by atoms with E-state index >= 15 is 0 Å². The second-order valence-corrected chi connectivity index (χ2v) is 6.97. The second-order valence-electron chi connectivity index (χ2n) is 6.97. The number of urea groups is 1. The normalized spacial score (nSPS) is 14.0. The van der Waals surface area contributed by atoms with Crippen LogP contribution in [0.25, 0.3) is 22.2 Å². The highest BCUT2D eigenvalue weighted by atomic mass is 16.5. The van der Waals surface area contributed by atoms with Crippen LogP contribution in [0.1, 0.15) is 25.7 Å². The van der Waals surface area contributed by atoms with Crippen molar-refractivity contribution in [3.8, 4) is 22.8 Å². The molecule has 8 nitrogen and oxygen atoms in total. The number of hydrogen-bond donors (Lipinski definition) is 2. The molecule has 4 rings (SSSR count). The van der Waals surface area contributed by atoms with Crippen LogP contribution in [0.3, 0.4) is 0 Å². The zero-order chi connectivity index (χ0) is 20.2. The van der Waals surface area contributed by atoms with E-state index < -0.39 is 0 Å². The molecule has 1 aliphatic carbocycles. The van der Waals surface area contributed by atoms with E-state index in [-0.39, 0.29) is 12.1 Å². The van der Waals surface area contributed by atoms with Crippen molar-refractivity contribution in [2.75, 3.05) is 19.5 Å². The van der Waals surface area contributed by atoms with Crippen LogP contribution in [0, 0.1) is 0 Å². The Bertz CT molecular complexity index is 1030. The van der Waals surface area contributed by atoms with Gasteiger partial charge in [-0.05, 0) is 37.1 Å². The first-order valence-corrected chi connectivity index (χ1v) is 9.59. The topological polar surface area (TPSA) is 98.3 Å². The molecule has 2 amide bonds. The summed E-state index contributed by atoms with van der Waals surface area (Å²) in [6.07, 6.45) is 7.85. The third-order valence-electron chi connectivity index (χ3n) is 5.03. The first kappa shape index (κ1) is 18.9. The molecule has 3 aromatic heterocycles. The number of ether oxygens (including phenoxy) is 2. The van der Waals surface area contributed by atoms with E-state index in [0.29, 0.717) is 23.0 Å². The Kier molecular flexibility index (Phi) is 5.41. The van der Waals surface area contributed by atoms with Crippen molar-refractivity contribution in [3.63, 3.8) is 0 Å². The first-order chi connectivity index (χ1) is 14.2. The summed E-state index contributed by atoms with van der Waals surface area (Å²) in [4.78, 5) is 25.5. The van der Waals surface area contributed by atoms with Crippen LogP contribution in [0.15, 0.2) is 36.7 Å². The molecule has 0 spiro atoms. The van der Waals surface area contributed by atoms with Gasteiger partial charge in [-0.3, -0.25) is 10.3 Å². The van der Waals surface area contributed by atoms with Gasteiger partial charge in [0.05, 0.1) is 25.3 Å². The van der Waals surface area contributed by atoms with Gasteiger partial charge >= 0.3 is 6.03 Å². The number of carbonyl (C=O) groups excluding carboxylic acids is 1. The summed E-state index contributed by atoms with van der Waals surface area (Å²) < 4.78 is 10.5. The summed E-state index contributed by atoms with van der Waals surface area (Å²) in [5, 5.41) is 5.81. The summed E-state index contributed by atoms with van der Waals surface area (Å²) in [6, 6.07) is 7.36. The molecule has 0 saturated heterocycles. The zero-order valence-corrected chi connectivity index (χ0v) is 16.4. The average molecular weight is 393 g/mol. The molecule has 0 bridgehead atoms. The molecule has 0 aliphatic heterocycles. The fourth-order valence-electron chi connectivity index (χ4n) is 3.53. The Morgan fingerprint density at radius 3 is 2.52 bits per heavy atom. The minimum atomic E-state index is -0.225. The van der Waals surface area contributed by atoms with Crippen LogP contribution >= 0.6 is 0 Å². The van der Waals surface area contributed by atoms with Crippen molar-refractivity contribution >= 4 is 22.9 Å². The Labute approximate surface area is 168 Å². The van der Waals surface area contributed by atoms with Gasteiger partial charge < -0.3 is 14.8 Å². The van der Waals surface area contributed by atoms with Crippen LogP contribution in [0.5, 0.6) is 11.6 Å². The fraction of sp³-hybridized carbons (Fsp3) is 0.333. The number of aromatic nitrogens is 3. The standard InChI is InChI=1S/C21H23N5O3/c1-28-18-10-14(12-23-20(18)29-2)13-9-17-16(22-11-13)7-8-19(25-17)26-21(27)24-15-5-3-4-6-15/h7-12,15H,3-6H2,1-2H3,(H2,24,25,26,27). The first-order valence-electron chi connectivity index (χ1n) is 9.59. The van der Waals surface area contributed by atoms with E-state index in [1.807, 2.05) is 18.2 Å². The number of nitrogens with zero attached hydrogens (tertiary/aromatic N) is 3. The molecule has 1 aliphatic rings. The molecule has 29 heavy (non-hydrogen) atoms. The Morgan fingerprint density at radius 2 is 1.76 bits per heavy atom. The smallest absolute Gasteiger partial charge is 0.320 e. The molecule has 8 heteroatoms. The van der Waals surface area contributed by atoms with Gasteiger partial charge in [0.25, 0.3) is 5.88 Å². The molecule has 3 heterocycles. The van der Waals surface area contributed by atoms with Crippen molar-refractivity contribution in [2.45, 2.75) is 31.7 Å². The van der Waals surface area contributed by atoms with Crippen LogP contribution in [0.4, 0.5) is 10.6 Å². The molecule has 0 radical (unpaired) electrons. The van der Waals surface area contributed by atoms with E-state index in [0.717, 1.165) is 29.5 Å². The third kappa shape index (κ3) is 4.21. The van der Waals surface area contributed by atoms with Crippen LogP contribution in [0.2, 0.25) is 0 Å². The van der Waals surface area contributed by atoms with E-state index in [2.05, 4.69) is 25.6 Å². The number of anilines is 1. The van der Waals surface area contributed by atoms with Gasteiger partial charge in [-0.15, -0.1) is 0 Å². The molecule has 2 N–H and O–H groups in total. The Morgan fingerprint density at radius 1 is 1.00 bits per heavy atom. The lowest BCUT2D eigenvalue weighted by atomic mass is 10.1. The van der Waals surface area contributed by atoms with E-state index in [9.17, 15) is 4.79 Å². The number of fused-ring (bicyclic) bond motifs is 1. The monoisotopic (exact) mass is 393 g/mol. The maximum absolute atomic E-state index is 12.2. The number of methoxy groups -OCH3 is 2. The van der Waals surface area contributed by atoms with E-state index in [1.165, 1.54) is 12.8 Å². The van der Waals surface area contributed by atoms with Gasteiger partial charge in [0.15, 0.2) is 5.75 Å². The van der Waals surface area contributed by atoms with Crippen molar-refractivity contribution in [3.05, 3.63) is 36.7 Å². The van der Waals surface area contributed by atoms with Gasteiger partial charge in [0.2, 0.25) is 0 Å². The summed E-state index contributed by atoms with van der Waals surface area (Å²) in [6.45, 7) is 0. The molecular formula is C21H23N5O3. The maximum Gasteiger partial charge on any atom is 0.320 e. The van der Waals surface area contributed by atoms with Crippen LogP contribution < -0.4 is 20.1 Å². The number of hydrogen-bond acceptors (Lipinski definition) is 6. The number of rotatable bonds is 5. The van der Waals surface area contributed by atoms with Crippen LogP contribution in [-0.4, -0.2) is 41.2 Å². The third-order valence-corrected chi connectivity index (χ3v) is 5.03. The summed E-state index contributed by atoms with van der Waals surface area (Å²) >= 11 is 0. The number of nitrogens with one attached hydrogen (secondary N) is 2. The Hall–Kier alpha value is -3.42. The number of pyridine rings is 3. The predicted molar refractivity (Wildman–Crippen MR) is 110 cm³/mol. The predicted octanol–water partition coefficient (Wildman–Crippen LogP) is 3.77. The fourth-order valence-corrected chi connectivity index (χ4v) is 3.53. The lowest BCUT2D eigenvalue weighted by Gasteiger charge is -2.13. The highest BCUT2D eigenvalue weighted by Crippen LogP contribution is 2.30. The summed E-state index contributed by atoms with van der Waals surface area (Å²) in [7, 11) is 3.11. The van der Waals surface area contributed by atoms with E-state index in [1.54, 1.807) is 32.7 Å². The zero-order valence-electron chi connectivity index (χ0n) is 16.4. The van der Waals surface area contributed by atoms with Gasteiger partial charge in [0.1, 0.15) is 5.82 Å². The Balaban J connectivity index is 1.57. The highest BCUT2D eigenvalue weighted by Gasteiger charge is 2.17. The molecule has 150 valence electrons. The van der Waals surface area contributed by atoms with Crippen molar-refractivity contribution in [1.29, 1.82) is 0 Å². The number of carbonyl (C=O) groups is 1. The van der Waals surface area contributed by atoms with Crippen molar-refractivity contribution < 1.29 is 14.3 Å². The number of amides is 2. The van der Waals surface area contributed by atoms with E-state index in [4.69, 9.17) is 9.47 Å². The van der Waals surface area contributed by atoms with Gasteiger partial charge in [0, 0.05) is 29.6 Å². The lowest BCUT2D eigenvalue weighted by molar-refractivity contribution is 0.248. The SMILES string of the molecule is COc1cc(-c2cnc3ccc(NC(=O)NC4CCCC4)nc3c2)cnc1OC.